The molecule has 1 rings (SSSR count). The van der Waals surface area contributed by atoms with E-state index in [1.807, 2.05) is 6.07 Å². The molecule has 1 aromatic rings. The molecule has 0 aliphatic rings. The van der Waals surface area contributed by atoms with Gasteiger partial charge in [-0.15, -0.1) is 0 Å². The largest absolute Gasteiger partial charge is 0.281 e. The number of hydrogen-bond acceptors (Lipinski definition) is 2. The maximum absolute atomic E-state index is 10.8. The first kappa shape index (κ1) is 7.15. The Hall–Kier alpha value is -0.960. The summed E-state index contributed by atoms with van der Waals surface area (Å²) in [5.74, 6) is 0. The van der Waals surface area contributed by atoms with E-state index in [2.05, 4.69) is 0 Å². The Balaban J connectivity index is 2.95. The average molecular weight is 153 g/mol. The summed E-state index contributed by atoms with van der Waals surface area (Å²) in [5, 5.41) is -0.152. The van der Waals surface area contributed by atoms with Crippen LogP contribution in [0.4, 0.5) is 0 Å². The first-order valence-electron chi connectivity index (χ1n) is 2.81. The van der Waals surface area contributed by atoms with E-state index in [-0.39, 0.29) is 16.7 Å². The number of carbonyl (C=O) groups excluding carboxylic acids is 1. The summed E-state index contributed by atoms with van der Waals surface area (Å²) in [5.41, 5.74) is 0.610. The Morgan fingerprint density at radius 3 is 2.40 bits per heavy atom. The minimum absolute atomic E-state index is 0.0545. The average Bonchev–Trinajstić information content (AvgIpc) is 2.05. The van der Waals surface area contributed by atoms with Gasteiger partial charge >= 0.3 is 0 Å². The molecule has 0 aromatic heterocycles. The van der Waals surface area contributed by atoms with Crippen LogP contribution in [0, 0.1) is 4.78 Å². The van der Waals surface area contributed by atoms with Gasteiger partial charge in [0.15, 0.2) is 0 Å². The highest BCUT2D eigenvalue weighted by Gasteiger charge is 1.96. The van der Waals surface area contributed by atoms with Crippen LogP contribution in [0.3, 0.4) is 0 Å². The molecule has 2 nitrogen and oxygen atoms in total. The molecule has 0 saturated heterocycles. The molecule has 1 N–H and O–H groups in total. The second-order valence-electron chi connectivity index (χ2n) is 1.78. The highest BCUT2D eigenvalue weighted by molar-refractivity contribution is 7.84. The first-order valence-corrected chi connectivity index (χ1v) is 3.71. The zero-order chi connectivity index (χ0) is 7.40. The van der Waals surface area contributed by atoms with Crippen molar-refractivity contribution in [1.29, 1.82) is 4.78 Å². The van der Waals surface area contributed by atoms with E-state index in [0.29, 0.717) is 5.56 Å². The van der Waals surface area contributed by atoms with Crippen molar-refractivity contribution in [2.75, 3.05) is 0 Å². The Bertz CT molecular complexity index is 245. The van der Waals surface area contributed by atoms with Crippen LogP contribution in [0.1, 0.15) is 10.4 Å². The van der Waals surface area contributed by atoms with Gasteiger partial charge in [0.05, 0.1) is 0 Å². The minimum atomic E-state index is -0.152. The van der Waals surface area contributed by atoms with Crippen molar-refractivity contribution in [1.82, 2.24) is 0 Å². The Morgan fingerprint density at radius 2 is 1.90 bits per heavy atom. The Kier molecular flexibility index (Phi) is 2.34. The van der Waals surface area contributed by atoms with Crippen molar-refractivity contribution < 1.29 is 4.79 Å². The molecule has 10 heavy (non-hydrogen) atoms. The molecule has 0 amide bonds. The van der Waals surface area contributed by atoms with Crippen molar-refractivity contribution in [2.45, 2.75) is 0 Å². The molecule has 0 aliphatic carbocycles. The fourth-order valence-corrected chi connectivity index (χ4v) is 0.923. The van der Waals surface area contributed by atoms with Crippen molar-refractivity contribution in [3.05, 3.63) is 35.9 Å². The number of carbonyl (C=O) groups is 1. The monoisotopic (exact) mass is 153 g/mol. The lowest BCUT2D eigenvalue weighted by atomic mass is 10.2. The van der Waals surface area contributed by atoms with Crippen LogP contribution >= 0.6 is 0 Å². The van der Waals surface area contributed by atoms with Crippen LogP contribution < -0.4 is 0 Å². The molecule has 0 heterocycles. The smallest absolute Gasteiger partial charge is 0.226 e. The fraction of sp³-hybridized carbons (Fsp3) is 0. The van der Waals surface area contributed by atoms with E-state index in [0.717, 1.165) is 0 Å². The Labute approximate surface area is 62.8 Å². The molecule has 0 fully saturated rings. The van der Waals surface area contributed by atoms with Gasteiger partial charge in [0.2, 0.25) is 5.12 Å². The highest BCUT2D eigenvalue weighted by atomic mass is 32.1. The van der Waals surface area contributed by atoms with Crippen molar-refractivity contribution >= 4 is 16.7 Å². The molecule has 52 valence electrons. The maximum Gasteiger partial charge on any atom is 0.226 e. The normalized spacial score (nSPS) is 9.20. The zero-order valence-corrected chi connectivity index (χ0v) is 6.14. The van der Waals surface area contributed by atoms with Crippen LogP contribution in [0.25, 0.3) is 0 Å². The third kappa shape index (κ3) is 1.51. The van der Waals surface area contributed by atoms with Gasteiger partial charge in [-0.05, 0) is 11.6 Å². The van der Waals surface area contributed by atoms with Crippen LogP contribution in [0.2, 0.25) is 0 Å². The number of nitrogens with one attached hydrogen (secondary N) is 1. The lowest BCUT2D eigenvalue weighted by molar-refractivity contribution is 0.108. The molecule has 3 heteroatoms. The quantitative estimate of drug-likeness (QED) is 0.588. The van der Waals surface area contributed by atoms with E-state index in [9.17, 15) is 4.79 Å². The summed E-state index contributed by atoms with van der Waals surface area (Å²) >= 11 is 0.0545. The summed E-state index contributed by atoms with van der Waals surface area (Å²) in [6, 6.07) is 8.85. The van der Waals surface area contributed by atoms with E-state index in [1.54, 1.807) is 24.3 Å². The molecule has 0 bridgehead atoms. The summed E-state index contributed by atoms with van der Waals surface area (Å²) in [6.45, 7) is 0. The predicted molar refractivity (Wildman–Crippen MR) is 42.3 cm³/mol. The lowest BCUT2D eigenvalue weighted by Crippen LogP contribution is -1.93. The molecular formula is C7H7NOS. The van der Waals surface area contributed by atoms with Gasteiger partial charge in [-0.25, -0.2) is 0 Å². The van der Waals surface area contributed by atoms with Crippen LogP contribution in [0.5, 0.6) is 0 Å². The van der Waals surface area contributed by atoms with E-state index in [4.69, 9.17) is 4.78 Å². The topological polar surface area (TPSA) is 40.9 Å². The molecule has 0 radical (unpaired) electrons. The minimum Gasteiger partial charge on any atom is -0.281 e. The highest BCUT2D eigenvalue weighted by Crippen LogP contribution is 1.98. The fourth-order valence-electron chi connectivity index (χ4n) is 0.645. The number of rotatable bonds is 1. The van der Waals surface area contributed by atoms with Crippen LogP contribution in [-0.4, -0.2) is 5.12 Å². The van der Waals surface area contributed by atoms with E-state index < -0.39 is 0 Å². The molecule has 0 unspecified atom stereocenters. The van der Waals surface area contributed by atoms with Gasteiger partial charge in [-0.3, -0.25) is 9.57 Å². The second-order valence-corrected chi connectivity index (χ2v) is 2.41. The third-order valence-electron chi connectivity index (χ3n) is 1.12. The summed E-state index contributed by atoms with van der Waals surface area (Å²) < 4.78 is 6.77. The molecule has 0 spiro atoms. The van der Waals surface area contributed by atoms with Gasteiger partial charge in [0, 0.05) is 5.56 Å². The standard InChI is InChI=1S/C7H7NOS/c8-10-7(9)6-4-2-1-3-5-6/h1-5,8,10H. The number of benzene rings is 1. The summed E-state index contributed by atoms with van der Waals surface area (Å²) in [7, 11) is 0. The molecule has 0 aliphatic heterocycles. The van der Waals surface area contributed by atoms with Crippen molar-refractivity contribution in [3.8, 4) is 0 Å². The summed E-state index contributed by atoms with van der Waals surface area (Å²) in [4.78, 5) is 10.8. The molecule has 0 atom stereocenters. The predicted octanol–water partition coefficient (Wildman–Crippen LogP) is 1.40. The van der Waals surface area contributed by atoms with Gasteiger partial charge in [-0.2, -0.15) is 0 Å². The van der Waals surface area contributed by atoms with Gasteiger partial charge in [0.25, 0.3) is 0 Å². The van der Waals surface area contributed by atoms with Gasteiger partial charge in [0.1, 0.15) is 0 Å². The number of thiol groups is 1. The van der Waals surface area contributed by atoms with Crippen molar-refractivity contribution in [2.24, 2.45) is 0 Å². The van der Waals surface area contributed by atoms with Gasteiger partial charge in [-0.1, -0.05) is 30.3 Å². The van der Waals surface area contributed by atoms with Crippen molar-refractivity contribution in [3.63, 3.8) is 0 Å². The molecular weight excluding hydrogens is 146 g/mol. The summed E-state index contributed by atoms with van der Waals surface area (Å²) in [6.07, 6.45) is 0. The zero-order valence-electron chi connectivity index (χ0n) is 5.24. The lowest BCUT2D eigenvalue weighted by Gasteiger charge is -1.90. The van der Waals surface area contributed by atoms with Gasteiger partial charge < -0.3 is 0 Å². The number of hydrogen-bond donors (Lipinski definition) is 2. The first-order chi connectivity index (χ1) is 4.84. The third-order valence-corrected chi connectivity index (χ3v) is 1.58. The van der Waals surface area contributed by atoms with E-state index in [1.165, 1.54) is 0 Å². The van der Waals surface area contributed by atoms with E-state index >= 15 is 0 Å². The molecule has 0 saturated carbocycles. The Morgan fingerprint density at radius 1 is 1.30 bits per heavy atom. The maximum atomic E-state index is 10.8. The van der Waals surface area contributed by atoms with Crippen LogP contribution in [0.15, 0.2) is 30.3 Å². The second kappa shape index (κ2) is 3.27. The SMILES string of the molecule is N=[SH]C(=O)c1ccccc1. The van der Waals surface area contributed by atoms with Crippen LogP contribution in [-0.2, 0) is 11.6 Å². The molecule has 1 aromatic carbocycles.